The Kier molecular flexibility index (Phi) is 6.21. The van der Waals surface area contributed by atoms with Gasteiger partial charge in [0.15, 0.2) is 11.5 Å². The standard InChI is InChI=1S/C20H28N4O3/c1-15-21-10-13-23(15)11-5-9-22-20(25)24-12-8-16(14-24)17-6-4-7-18(26-2)19(17)27-3/h4,6-7,10,13,16H,5,8-9,11-12,14H2,1-3H3,(H,22,25). The molecule has 0 spiro atoms. The van der Waals surface area contributed by atoms with Crippen LogP contribution in [0.25, 0.3) is 0 Å². The van der Waals surface area contributed by atoms with Crippen LogP contribution < -0.4 is 14.8 Å². The van der Waals surface area contributed by atoms with Crippen LogP contribution in [-0.4, -0.2) is 54.3 Å². The molecule has 1 aromatic carbocycles. The van der Waals surface area contributed by atoms with Gasteiger partial charge in [0.25, 0.3) is 0 Å². The molecular weight excluding hydrogens is 344 g/mol. The number of aryl methyl sites for hydroxylation is 2. The van der Waals surface area contributed by atoms with Gasteiger partial charge in [0, 0.05) is 50.1 Å². The Morgan fingerprint density at radius 2 is 2.19 bits per heavy atom. The quantitative estimate of drug-likeness (QED) is 0.759. The van der Waals surface area contributed by atoms with Gasteiger partial charge < -0.3 is 24.3 Å². The molecule has 1 aliphatic heterocycles. The molecule has 3 rings (SSSR count). The number of hydrogen-bond donors (Lipinski definition) is 1. The van der Waals surface area contributed by atoms with E-state index >= 15 is 0 Å². The molecule has 7 nitrogen and oxygen atoms in total. The first-order valence-corrected chi connectivity index (χ1v) is 9.35. The second-order valence-corrected chi connectivity index (χ2v) is 6.77. The number of para-hydroxylation sites is 1. The van der Waals surface area contributed by atoms with E-state index in [4.69, 9.17) is 9.47 Å². The number of likely N-dealkylation sites (tertiary alicyclic amines) is 1. The molecule has 1 aliphatic rings. The van der Waals surface area contributed by atoms with E-state index in [0.717, 1.165) is 48.8 Å². The summed E-state index contributed by atoms with van der Waals surface area (Å²) in [6.45, 7) is 4.93. The highest BCUT2D eigenvalue weighted by atomic mass is 16.5. The van der Waals surface area contributed by atoms with Crippen LogP contribution in [0, 0.1) is 6.92 Å². The molecule has 2 heterocycles. The highest BCUT2D eigenvalue weighted by Gasteiger charge is 2.29. The van der Waals surface area contributed by atoms with Gasteiger partial charge in [0.05, 0.1) is 14.2 Å². The van der Waals surface area contributed by atoms with Gasteiger partial charge in [0.1, 0.15) is 5.82 Å². The lowest BCUT2D eigenvalue weighted by Gasteiger charge is -2.19. The number of nitrogens with zero attached hydrogens (tertiary/aromatic N) is 3. The number of aromatic nitrogens is 2. The molecule has 0 saturated carbocycles. The second-order valence-electron chi connectivity index (χ2n) is 6.77. The molecule has 1 atom stereocenters. The average molecular weight is 372 g/mol. The number of carbonyl (C=O) groups is 1. The number of rotatable bonds is 7. The van der Waals surface area contributed by atoms with Gasteiger partial charge in [-0.25, -0.2) is 9.78 Å². The fourth-order valence-corrected chi connectivity index (χ4v) is 3.63. The molecule has 146 valence electrons. The maximum Gasteiger partial charge on any atom is 0.317 e. The van der Waals surface area contributed by atoms with E-state index in [2.05, 4.69) is 20.9 Å². The zero-order chi connectivity index (χ0) is 19.2. The zero-order valence-electron chi connectivity index (χ0n) is 16.3. The Bertz CT molecular complexity index is 774. The Morgan fingerprint density at radius 1 is 1.33 bits per heavy atom. The van der Waals surface area contributed by atoms with Gasteiger partial charge in [-0.3, -0.25) is 0 Å². The van der Waals surface area contributed by atoms with Crippen molar-refractivity contribution in [1.29, 1.82) is 0 Å². The van der Waals surface area contributed by atoms with Crippen molar-refractivity contribution in [2.24, 2.45) is 0 Å². The number of carbonyl (C=O) groups excluding carboxylic acids is 1. The topological polar surface area (TPSA) is 68.6 Å². The maximum absolute atomic E-state index is 12.5. The lowest BCUT2D eigenvalue weighted by molar-refractivity contribution is 0.208. The van der Waals surface area contributed by atoms with Crippen molar-refractivity contribution in [1.82, 2.24) is 19.8 Å². The molecule has 1 aromatic heterocycles. The number of ether oxygens (including phenoxy) is 2. The molecule has 0 aliphatic carbocycles. The van der Waals surface area contributed by atoms with Gasteiger partial charge in [-0.1, -0.05) is 12.1 Å². The van der Waals surface area contributed by atoms with Gasteiger partial charge in [-0.2, -0.15) is 0 Å². The molecule has 1 saturated heterocycles. The first-order valence-electron chi connectivity index (χ1n) is 9.35. The van der Waals surface area contributed by atoms with Crippen molar-refractivity contribution >= 4 is 6.03 Å². The lowest BCUT2D eigenvalue weighted by atomic mass is 9.97. The minimum atomic E-state index is 0.00159. The highest BCUT2D eigenvalue weighted by Crippen LogP contribution is 2.39. The van der Waals surface area contributed by atoms with E-state index in [9.17, 15) is 4.79 Å². The van der Waals surface area contributed by atoms with Crippen LogP contribution in [0.15, 0.2) is 30.6 Å². The molecule has 27 heavy (non-hydrogen) atoms. The molecule has 1 N–H and O–H groups in total. The van der Waals surface area contributed by atoms with Gasteiger partial charge >= 0.3 is 6.03 Å². The first kappa shape index (κ1) is 19.1. The summed E-state index contributed by atoms with van der Waals surface area (Å²) >= 11 is 0. The van der Waals surface area contributed by atoms with E-state index in [1.807, 2.05) is 30.2 Å². The number of urea groups is 1. The van der Waals surface area contributed by atoms with Gasteiger partial charge in [-0.15, -0.1) is 0 Å². The Labute approximate surface area is 160 Å². The number of benzene rings is 1. The molecule has 1 fully saturated rings. The van der Waals surface area contributed by atoms with E-state index in [-0.39, 0.29) is 11.9 Å². The largest absolute Gasteiger partial charge is 0.493 e. The van der Waals surface area contributed by atoms with Crippen LogP contribution in [0.2, 0.25) is 0 Å². The van der Waals surface area contributed by atoms with Crippen molar-refractivity contribution in [3.8, 4) is 11.5 Å². The molecule has 0 radical (unpaired) electrons. The number of nitrogens with one attached hydrogen (secondary N) is 1. The van der Waals surface area contributed by atoms with E-state index < -0.39 is 0 Å². The zero-order valence-corrected chi connectivity index (χ0v) is 16.3. The van der Waals surface area contributed by atoms with Crippen LogP contribution in [0.1, 0.15) is 30.1 Å². The normalized spacial score (nSPS) is 16.4. The Morgan fingerprint density at radius 3 is 2.89 bits per heavy atom. The Balaban J connectivity index is 1.50. The summed E-state index contributed by atoms with van der Waals surface area (Å²) in [6, 6.07) is 5.92. The molecule has 1 unspecified atom stereocenters. The minimum Gasteiger partial charge on any atom is -0.493 e. The molecule has 7 heteroatoms. The smallest absolute Gasteiger partial charge is 0.317 e. The van der Waals surface area contributed by atoms with Crippen LogP contribution in [-0.2, 0) is 6.54 Å². The Hall–Kier alpha value is -2.70. The third-order valence-electron chi connectivity index (χ3n) is 5.12. The third-order valence-corrected chi connectivity index (χ3v) is 5.12. The SMILES string of the molecule is COc1cccc(C2CCN(C(=O)NCCCn3ccnc3C)C2)c1OC. The highest BCUT2D eigenvalue weighted by molar-refractivity contribution is 5.74. The summed E-state index contributed by atoms with van der Waals surface area (Å²) in [7, 11) is 3.30. The van der Waals surface area contributed by atoms with E-state index in [1.54, 1.807) is 20.4 Å². The number of hydrogen-bond acceptors (Lipinski definition) is 4. The molecule has 2 amide bonds. The van der Waals surface area contributed by atoms with E-state index in [0.29, 0.717) is 13.1 Å². The third kappa shape index (κ3) is 4.35. The summed E-state index contributed by atoms with van der Waals surface area (Å²) < 4.78 is 13.0. The van der Waals surface area contributed by atoms with Crippen molar-refractivity contribution in [3.05, 3.63) is 42.0 Å². The van der Waals surface area contributed by atoms with Crippen LogP contribution in [0.4, 0.5) is 4.79 Å². The maximum atomic E-state index is 12.5. The fourth-order valence-electron chi connectivity index (χ4n) is 3.63. The summed E-state index contributed by atoms with van der Waals surface area (Å²) in [5.74, 6) is 2.75. The monoisotopic (exact) mass is 372 g/mol. The number of amides is 2. The van der Waals surface area contributed by atoms with Gasteiger partial charge in [-0.05, 0) is 25.8 Å². The van der Waals surface area contributed by atoms with E-state index in [1.165, 1.54) is 0 Å². The lowest BCUT2D eigenvalue weighted by Crippen LogP contribution is -2.39. The molecule has 2 aromatic rings. The number of methoxy groups -OCH3 is 2. The predicted molar refractivity (Wildman–Crippen MR) is 103 cm³/mol. The minimum absolute atomic E-state index is 0.00159. The van der Waals surface area contributed by atoms with Crippen LogP contribution in [0.5, 0.6) is 11.5 Å². The molecule has 0 bridgehead atoms. The molecular formula is C20H28N4O3. The number of imidazole rings is 1. The summed E-state index contributed by atoms with van der Waals surface area (Å²) in [6.07, 6.45) is 5.56. The average Bonchev–Trinajstić information content (AvgIpc) is 3.33. The van der Waals surface area contributed by atoms with Crippen LogP contribution in [0.3, 0.4) is 0 Å². The summed E-state index contributed by atoms with van der Waals surface area (Å²) in [4.78, 5) is 18.6. The van der Waals surface area contributed by atoms with Gasteiger partial charge in [0.2, 0.25) is 0 Å². The summed E-state index contributed by atoms with van der Waals surface area (Å²) in [5, 5.41) is 3.03. The van der Waals surface area contributed by atoms with Crippen molar-refractivity contribution in [2.75, 3.05) is 33.9 Å². The van der Waals surface area contributed by atoms with Crippen molar-refractivity contribution < 1.29 is 14.3 Å². The first-order chi connectivity index (χ1) is 13.1. The fraction of sp³-hybridized carbons (Fsp3) is 0.500. The van der Waals surface area contributed by atoms with Crippen LogP contribution >= 0.6 is 0 Å². The van der Waals surface area contributed by atoms with Crippen molar-refractivity contribution in [3.63, 3.8) is 0 Å². The predicted octanol–water partition coefficient (Wildman–Crippen LogP) is 2.80. The van der Waals surface area contributed by atoms with Crippen molar-refractivity contribution in [2.45, 2.75) is 32.2 Å². The summed E-state index contributed by atoms with van der Waals surface area (Å²) in [5.41, 5.74) is 1.10. The second kappa shape index (κ2) is 8.79.